The summed E-state index contributed by atoms with van der Waals surface area (Å²) in [6, 6.07) is 12.0. The number of thioether (sulfide) groups is 1. The molecule has 3 amide bonds. The van der Waals surface area contributed by atoms with Crippen molar-refractivity contribution in [3.63, 3.8) is 0 Å². The summed E-state index contributed by atoms with van der Waals surface area (Å²) in [6.07, 6.45) is 0. The van der Waals surface area contributed by atoms with Crippen LogP contribution in [0.15, 0.2) is 42.5 Å². The fourth-order valence-corrected chi connectivity index (χ4v) is 5.46. The lowest BCUT2D eigenvalue weighted by Crippen LogP contribution is -2.49. The third kappa shape index (κ3) is 2.99. The zero-order valence-electron chi connectivity index (χ0n) is 15.7. The maximum atomic E-state index is 13.2. The van der Waals surface area contributed by atoms with Crippen LogP contribution in [0.4, 0.5) is 16.2 Å². The van der Waals surface area contributed by atoms with Gasteiger partial charge in [-0.15, -0.1) is 11.8 Å². The smallest absolute Gasteiger partial charge is 0.323 e. The minimum atomic E-state index is -1.15. The first kappa shape index (κ1) is 19.0. The maximum Gasteiger partial charge on any atom is 0.323 e. The normalized spacial score (nSPS) is 22.1. The summed E-state index contributed by atoms with van der Waals surface area (Å²) in [7, 11) is 1.58. The molecule has 0 aromatic heterocycles. The van der Waals surface area contributed by atoms with Crippen LogP contribution < -0.4 is 15.4 Å². The highest BCUT2D eigenvalue weighted by Crippen LogP contribution is 2.58. The van der Waals surface area contributed by atoms with E-state index in [-0.39, 0.29) is 16.7 Å². The predicted octanol–water partition coefficient (Wildman–Crippen LogP) is 4.51. The minimum absolute atomic E-state index is 0.224. The van der Waals surface area contributed by atoms with E-state index in [2.05, 4.69) is 10.6 Å². The highest BCUT2D eigenvalue weighted by molar-refractivity contribution is 8.02. The molecule has 2 aliphatic heterocycles. The van der Waals surface area contributed by atoms with Crippen molar-refractivity contribution in [2.24, 2.45) is 0 Å². The SMILES string of the molecule is COc1ccc2c(c1)C1(SC(C)(C)CN1C(=O)Nc1ccc(Cl)cc1)C(=O)N2. The molecule has 1 unspecified atom stereocenters. The number of fused-ring (bicyclic) bond motifs is 2. The van der Waals surface area contributed by atoms with Gasteiger partial charge in [0.2, 0.25) is 0 Å². The second-order valence-electron chi connectivity index (χ2n) is 7.39. The van der Waals surface area contributed by atoms with Crippen LogP contribution in [-0.4, -0.2) is 35.2 Å². The Morgan fingerprint density at radius 2 is 1.96 bits per heavy atom. The average Bonchev–Trinajstić information content (AvgIpc) is 3.10. The number of carbonyl (C=O) groups excluding carboxylic acids is 2. The lowest BCUT2D eigenvalue weighted by atomic mass is 10.0. The zero-order valence-corrected chi connectivity index (χ0v) is 17.3. The molecule has 1 saturated heterocycles. The molecule has 2 aromatic rings. The van der Waals surface area contributed by atoms with Crippen molar-refractivity contribution in [1.29, 1.82) is 0 Å². The number of rotatable bonds is 2. The number of methoxy groups -OCH3 is 1. The molecule has 0 radical (unpaired) electrons. The van der Waals surface area contributed by atoms with Crippen LogP contribution in [0, 0.1) is 0 Å². The van der Waals surface area contributed by atoms with Crippen LogP contribution >= 0.6 is 23.4 Å². The monoisotopic (exact) mass is 417 g/mol. The Morgan fingerprint density at radius 3 is 2.64 bits per heavy atom. The lowest BCUT2D eigenvalue weighted by Gasteiger charge is -2.32. The van der Waals surface area contributed by atoms with Crippen LogP contribution in [0.1, 0.15) is 19.4 Å². The molecule has 28 heavy (non-hydrogen) atoms. The van der Waals surface area contributed by atoms with Gasteiger partial charge in [0.15, 0.2) is 4.87 Å². The summed E-state index contributed by atoms with van der Waals surface area (Å²) in [4.78, 5) is 26.8. The number of nitrogens with zero attached hydrogens (tertiary/aromatic N) is 1. The molecule has 6 nitrogen and oxygen atoms in total. The third-order valence-corrected chi connectivity index (χ3v) is 6.69. The van der Waals surface area contributed by atoms with E-state index in [0.29, 0.717) is 28.7 Å². The lowest BCUT2D eigenvalue weighted by molar-refractivity contribution is -0.121. The molecule has 1 fully saturated rings. The molecular formula is C20H20ClN3O3S. The molecule has 2 aliphatic rings. The Kier molecular flexibility index (Phi) is 4.47. The van der Waals surface area contributed by atoms with Crippen molar-refractivity contribution in [1.82, 2.24) is 4.90 Å². The van der Waals surface area contributed by atoms with Crippen molar-refractivity contribution < 1.29 is 14.3 Å². The predicted molar refractivity (Wildman–Crippen MR) is 112 cm³/mol. The first-order chi connectivity index (χ1) is 13.2. The number of hydrogen-bond acceptors (Lipinski definition) is 4. The molecule has 4 rings (SSSR count). The number of carbonyl (C=O) groups is 2. The summed E-state index contributed by atoms with van der Waals surface area (Å²) in [5, 5.41) is 6.39. The Hall–Kier alpha value is -2.38. The summed E-state index contributed by atoms with van der Waals surface area (Å²) < 4.78 is 5.05. The van der Waals surface area contributed by atoms with Crippen LogP contribution in [0.25, 0.3) is 0 Å². The number of benzene rings is 2. The molecule has 0 bridgehead atoms. The highest BCUT2D eigenvalue weighted by atomic mass is 35.5. The Balaban J connectivity index is 1.75. The molecule has 2 aromatic carbocycles. The fraction of sp³-hybridized carbons (Fsp3) is 0.300. The summed E-state index contributed by atoms with van der Waals surface area (Å²) in [5.74, 6) is 0.413. The van der Waals surface area contributed by atoms with Gasteiger partial charge in [0, 0.05) is 33.3 Å². The van der Waals surface area contributed by atoms with Gasteiger partial charge >= 0.3 is 6.03 Å². The molecular weight excluding hydrogens is 398 g/mol. The zero-order chi connectivity index (χ0) is 20.1. The van der Waals surface area contributed by atoms with Gasteiger partial charge in [0.05, 0.1) is 7.11 Å². The van der Waals surface area contributed by atoms with Gasteiger partial charge in [-0.25, -0.2) is 4.79 Å². The molecule has 1 spiro atoms. The van der Waals surface area contributed by atoms with E-state index < -0.39 is 4.87 Å². The van der Waals surface area contributed by atoms with Gasteiger partial charge in [-0.05, 0) is 56.3 Å². The van der Waals surface area contributed by atoms with Crippen LogP contribution in [0.2, 0.25) is 5.02 Å². The second-order valence-corrected chi connectivity index (χ2v) is 9.73. The van der Waals surface area contributed by atoms with E-state index in [0.717, 1.165) is 5.56 Å². The minimum Gasteiger partial charge on any atom is -0.497 e. The fourth-order valence-electron chi connectivity index (χ4n) is 3.66. The number of urea groups is 1. The Labute approximate surface area is 172 Å². The van der Waals surface area contributed by atoms with E-state index in [9.17, 15) is 9.59 Å². The van der Waals surface area contributed by atoms with E-state index in [1.54, 1.807) is 42.3 Å². The number of nitrogens with one attached hydrogen (secondary N) is 2. The number of halogens is 1. The van der Waals surface area contributed by atoms with Crippen molar-refractivity contribution >= 4 is 46.7 Å². The maximum absolute atomic E-state index is 13.2. The molecule has 0 aliphatic carbocycles. The number of anilines is 2. The van der Waals surface area contributed by atoms with E-state index in [4.69, 9.17) is 16.3 Å². The third-order valence-electron chi connectivity index (χ3n) is 4.83. The largest absolute Gasteiger partial charge is 0.497 e. The van der Waals surface area contributed by atoms with Gasteiger partial charge in [-0.3, -0.25) is 9.69 Å². The van der Waals surface area contributed by atoms with E-state index in [1.165, 1.54) is 11.8 Å². The molecule has 8 heteroatoms. The molecule has 1 atom stereocenters. The van der Waals surface area contributed by atoms with Gasteiger partial charge in [-0.2, -0.15) is 0 Å². The molecule has 146 valence electrons. The van der Waals surface area contributed by atoms with Crippen LogP contribution in [0.3, 0.4) is 0 Å². The van der Waals surface area contributed by atoms with Gasteiger partial charge in [0.25, 0.3) is 5.91 Å². The summed E-state index contributed by atoms with van der Waals surface area (Å²) in [5.41, 5.74) is 2.04. The molecule has 0 saturated carbocycles. The summed E-state index contributed by atoms with van der Waals surface area (Å²) in [6.45, 7) is 4.47. The van der Waals surface area contributed by atoms with Crippen LogP contribution in [0.5, 0.6) is 5.75 Å². The average molecular weight is 418 g/mol. The summed E-state index contributed by atoms with van der Waals surface area (Å²) >= 11 is 7.40. The Bertz CT molecular complexity index is 964. The van der Waals surface area contributed by atoms with Gasteiger partial charge in [0.1, 0.15) is 5.75 Å². The molecule has 2 heterocycles. The van der Waals surface area contributed by atoms with Crippen LogP contribution in [-0.2, 0) is 9.67 Å². The first-order valence-corrected chi connectivity index (χ1v) is 9.99. The van der Waals surface area contributed by atoms with Crippen molar-refractivity contribution in [2.75, 3.05) is 24.3 Å². The Morgan fingerprint density at radius 1 is 1.25 bits per heavy atom. The second kappa shape index (κ2) is 6.60. The quantitative estimate of drug-likeness (QED) is 0.754. The van der Waals surface area contributed by atoms with Gasteiger partial charge in [-0.1, -0.05) is 11.6 Å². The number of ether oxygens (including phenoxy) is 1. The van der Waals surface area contributed by atoms with Crippen molar-refractivity contribution in [3.05, 3.63) is 53.1 Å². The molecule has 2 N–H and O–H groups in total. The van der Waals surface area contributed by atoms with E-state index in [1.807, 2.05) is 26.0 Å². The highest BCUT2D eigenvalue weighted by Gasteiger charge is 2.61. The van der Waals surface area contributed by atoms with Gasteiger partial charge < -0.3 is 15.4 Å². The van der Waals surface area contributed by atoms with Crippen molar-refractivity contribution in [3.8, 4) is 5.75 Å². The standard InChI is InChI=1S/C20H20ClN3O3S/c1-19(2)11-24(18(26)22-13-6-4-12(21)5-7-13)20(28-19)15-10-14(27-3)8-9-16(15)23-17(20)25/h4-10H,11H2,1-3H3,(H,22,26)(H,23,25). The number of amides is 3. The van der Waals surface area contributed by atoms with Crippen molar-refractivity contribution in [2.45, 2.75) is 23.5 Å². The van der Waals surface area contributed by atoms with E-state index >= 15 is 0 Å². The number of hydrogen-bond donors (Lipinski definition) is 2. The topological polar surface area (TPSA) is 70.7 Å². The first-order valence-electron chi connectivity index (χ1n) is 8.79.